The number of carbonyl (C=O) groups excluding carboxylic acids is 1. The van der Waals surface area contributed by atoms with Gasteiger partial charge in [0.1, 0.15) is 16.8 Å². The van der Waals surface area contributed by atoms with Crippen LogP contribution in [0.4, 0.5) is 43.7 Å². The Kier molecular flexibility index (Phi) is 7.50. The van der Waals surface area contributed by atoms with Crippen molar-refractivity contribution in [3.05, 3.63) is 70.8 Å². The van der Waals surface area contributed by atoms with E-state index in [2.05, 4.69) is 25.6 Å². The van der Waals surface area contributed by atoms with Gasteiger partial charge in [-0.15, -0.1) is 0 Å². The van der Waals surface area contributed by atoms with E-state index in [9.17, 15) is 31.1 Å². The molecule has 1 amide bonds. The van der Waals surface area contributed by atoms with Crippen molar-refractivity contribution in [3.8, 4) is 0 Å². The highest BCUT2D eigenvalue weighted by Crippen LogP contribution is 2.45. The summed E-state index contributed by atoms with van der Waals surface area (Å²) in [5.74, 6) is -2.39. The van der Waals surface area contributed by atoms with Gasteiger partial charge in [0.15, 0.2) is 11.9 Å². The first-order valence-corrected chi connectivity index (χ1v) is 11.3. The number of rotatable bonds is 6. The van der Waals surface area contributed by atoms with Gasteiger partial charge in [-0.3, -0.25) is 4.79 Å². The van der Waals surface area contributed by atoms with Gasteiger partial charge in [-0.05, 0) is 30.3 Å². The lowest BCUT2D eigenvalue weighted by Gasteiger charge is -2.29. The molecule has 4 rings (SSSR count). The molecule has 0 spiro atoms. The van der Waals surface area contributed by atoms with Crippen LogP contribution in [0.2, 0.25) is 5.15 Å². The average Bonchev–Trinajstić information content (AvgIpc) is 3.32. The summed E-state index contributed by atoms with van der Waals surface area (Å²) in [6, 6.07) is 5.83. The van der Waals surface area contributed by atoms with Crippen LogP contribution in [-0.2, 0) is 21.4 Å². The number of nitrogens with zero attached hydrogens (tertiary/aromatic N) is 3. The Morgan fingerprint density at radius 1 is 1.08 bits per heavy atom. The van der Waals surface area contributed by atoms with Gasteiger partial charge >= 0.3 is 12.4 Å². The third-order valence-electron chi connectivity index (χ3n) is 5.53. The predicted molar refractivity (Wildman–Crippen MR) is 123 cm³/mol. The van der Waals surface area contributed by atoms with E-state index in [4.69, 9.17) is 21.1 Å². The van der Waals surface area contributed by atoms with Crippen molar-refractivity contribution in [1.29, 1.82) is 0 Å². The lowest BCUT2D eigenvalue weighted by Crippen LogP contribution is -2.34. The predicted octanol–water partition coefficient (Wildman–Crippen LogP) is 6.08. The zero-order valence-electron chi connectivity index (χ0n) is 19.3. The highest BCUT2D eigenvalue weighted by molar-refractivity contribution is 6.29. The van der Waals surface area contributed by atoms with E-state index in [0.717, 1.165) is 18.3 Å². The van der Waals surface area contributed by atoms with E-state index in [1.54, 1.807) is 6.92 Å². The van der Waals surface area contributed by atoms with Crippen LogP contribution in [0.15, 0.2) is 48.9 Å². The van der Waals surface area contributed by atoms with E-state index >= 15 is 0 Å². The van der Waals surface area contributed by atoms with Gasteiger partial charge < -0.3 is 20.1 Å². The molecule has 0 bridgehead atoms. The first-order valence-electron chi connectivity index (χ1n) is 10.9. The van der Waals surface area contributed by atoms with E-state index in [0.29, 0.717) is 6.20 Å². The minimum Gasteiger partial charge on any atom is -0.343 e. The molecular formula is C23H18ClF6N5O3. The second kappa shape index (κ2) is 10.3. The molecule has 1 aliphatic heterocycles. The third kappa shape index (κ3) is 5.97. The molecule has 3 aromatic heterocycles. The second-order valence-electron chi connectivity index (χ2n) is 8.06. The maximum absolute atomic E-state index is 13.3. The number of halogens is 7. The Hall–Kier alpha value is -3.49. The number of alkyl halides is 6. The molecule has 1 saturated heterocycles. The molecule has 8 nitrogen and oxygen atoms in total. The zero-order chi connectivity index (χ0) is 27.7. The van der Waals surface area contributed by atoms with Crippen molar-refractivity contribution in [2.75, 3.05) is 17.2 Å². The summed E-state index contributed by atoms with van der Waals surface area (Å²) in [5.41, 5.74) is -0.832. The smallest absolute Gasteiger partial charge is 0.343 e. The largest absolute Gasteiger partial charge is 0.417 e. The van der Waals surface area contributed by atoms with Gasteiger partial charge in [0.05, 0.1) is 24.1 Å². The summed E-state index contributed by atoms with van der Waals surface area (Å²) >= 11 is 5.98. The maximum Gasteiger partial charge on any atom is 0.417 e. The van der Waals surface area contributed by atoms with E-state index in [1.165, 1.54) is 24.4 Å². The average molecular weight is 562 g/mol. The Balaban J connectivity index is 1.55. The van der Waals surface area contributed by atoms with Crippen LogP contribution in [-0.4, -0.2) is 39.7 Å². The number of ether oxygens (including phenoxy) is 2. The van der Waals surface area contributed by atoms with Crippen LogP contribution in [0.1, 0.15) is 34.8 Å². The molecule has 1 unspecified atom stereocenters. The van der Waals surface area contributed by atoms with Crippen molar-refractivity contribution in [2.24, 2.45) is 0 Å². The topological polar surface area (TPSA) is 98.3 Å². The Morgan fingerprint density at radius 3 is 2.45 bits per heavy atom. The fourth-order valence-electron chi connectivity index (χ4n) is 3.63. The number of carbonyl (C=O) groups is 1. The number of hydrogen-bond donors (Lipinski definition) is 2. The molecule has 15 heteroatoms. The van der Waals surface area contributed by atoms with Crippen LogP contribution in [0, 0.1) is 0 Å². The number of amides is 1. The van der Waals surface area contributed by atoms with Crippen LogP contribution in [0.3, 0.4) is 0 Å². The molecule has 0 saturated carbocycles. The Bertz CT molecular complexity index is 1320. The number of aromatic nitrogens is 3. The fourth-order valence-corrected chi connectivity index (χ4v) is 3.79. The molecule has 0 radical (unpaired) electrons. The van der Waals surface area contributed by atoms with Crippen LogP contribution in [0.5, 0.6) is 0 Å². The molecule has 1 fully saturated rings. The maximum atomic E-state index is 13.3. The van der Waals surface area contributed by atoms with Crippen LogP contribution in [0.25, 0.3) is 0 Å². The molecule has 202 valence electrons. The van der Waals surface area contributed by atoms with Crippen molar-refractivity contribution in [2.45, 2.75) is 37.6 Å². The molecule has 2 atom stereocenters. The molecule has 2 N–H and O–H groups in total. The van der Waals surface area contributed by atoms with E-state index in [-0.39, 0.29) is 40.0 Å². The molecule has 0 aliphatic carbocycles. The van der Waals surface area contributed by atoms with Crippen LogP contribution < -0.4 is 10.6 Å². The van der Waals surface area contributed by atoms with Crippen LogP contribution >= 0.6 is 11.6 Å². The summed E-state index contributed by atoms with van der Waals surface area (Å²) in [4.78, 5) is 24.6. The van der Waals surface area contributed by atoms with Gasteiger partial charge in [0.2, 0.25) is 0 Å². The molecule has 38 heavy (non-hydrogen) atoms. The van der Waals surface area contributed by atoms with Gasteiger partial charge in [-0.1, -0.05) is 18.5 Å². The minimum atomic E-state index is -4.67. The first kappa shape index (κ1) is 27.5. The fraction of sp³-hybridized carbons (Fsp3) is 0.304. The zero-order valence-corrected chi connectivity index (χ0v) is 20.1. The Labute approximate surface area is 216 Å². The number of nitrogens with one attached hydrogen (secondary N) is 2. The Morgan fingerprint density at radius 2 is 1.84 bits per heavy atom. The molecule has 1 aliphatic rings. The van der Waals surface area contributed by atoms with E-state index in [1.807, 2.05) is 0 Å². The van der Waals surface area contributed by atoms with Crippen molar-refractivity contribution in [1.82, 2.24) is 15.0 Å². The minimum absolute atomic E-state index is 0.000183. The lowest BCUT2D eigenvalue weighted by molar-refractivity contribution is -0.247. The van der Waals surface area contributed by atoms with Crippen molar-refractivity contribution < 1.29 is 40.6 Å². The summed E-state index contributed by atoms with van der Waals surface area (Å²) in [5, 5.41) is 5.19. The van der Waals surface area contributed by atoms with Crippen molar-refractivity contribution in [3.63, 3.8) is 0 Å². The summed E-state index contributed by atoms with van der Waals surface area (Å²) < 4.78 is 88.7. The second-order valence-corrected chi connectivity index (χ2v) is 8.44. The van der Waals surface area contributed by atoms with Gasteiger partial charge in [-0.25, -0.2) is 15.0 Å². The normalized spacial score (nSPS) is 19.8. The summed E-state index contributed by atoms with van der Waals surface area (Å²) in [6.07, 6.45) is -8.35. The number of pyridine rings is 3. The lowest BCUT2D eigenvalue weighted by atomic mass is 10.0. The standard InChI is InChI=1S/C23H18ClF6N5O3/c1-2-21(37-11-16(38-21)23(28,29)30)14-8-17(24)32-10-15(14)34-20(36)12-5-6-31-19(7-12)35-18-4-3-13(9-33-18)22(25,26)27/h3-10,16H,2,11H2,1H3,(H,34,36)(H,31,33,35)/t16?,21-/m1/s1. The quantitative estimate of drug-likeness (QED) is 0.278. The summed E-state index contributed by atoms with van der Waals surface area (Å²) in [6.45, 7) is 0.802. The molecule has 4 heterocycles. The van der Waals surface area contributed by atoms with Gasteiger partial charge in [0.25, 0.3) is 5.91 Å². The summed E-state index contributed by atoms with van der Waals surface area (Å²) in [7, 11) is 0. The number of hydrogen-bond acceptors (Lipinski definition) is 7. The highest BCUT2D eigenvalue weighted by atomic mass is 35.5. The monoisotopic (exact) mass is 561 g/mol. The first-order chi connectivity index (χ1) is 17.8. The molecular weight excluding hydrogens is 544 g/mol. The number of anilines is 3. The van der Waals surface area contributed by atoms with E-state index < -0.39 is 42.3 Å². The van der Waals surface area contributed by atoms with Gasteiger partial charge in [-0.2, -0.15) is 26.3 Å². The molecule has 0 aromatic carbocycles. The van der Waals surface area contributed by atoms with Crippen molar-refractivity contribution >= 4 is 34.8 Å². The SMILES string of the molecule is CC[C@@]1(c2cc(Cl)ncc2NC(=O)c2ccnc(Nc3ccc(C(F)(F)F)cn3)c2)OCC(C(F)(F)F)O1. The van der Waals surface area contributed by atoms with Gasteiger partial charge in [0, 0.05) is 29.9 Å². The highest BCUT2D eigenvalue weighted by Gasteiger charge is 2.53. The third-order valence-corrected chi connectivity index (χ3v) is 5.74. The molecule has 3 aromatic rings.